The third-order valence-electron chi connectivity index (χ3n) is 8.45. The summed E-state index contributed by atoms with van der Waals surface area (Å²) in [5.74, 6) is 2.14. The molecular formula is C29H45NO2. The summed E-state index contributed by atoms with van der Waals surface area (Å²) in [7, 11) is 0. The second-order valence-corrected chi connectivity index (χ2v) is 11.8. The van der Waals surface area contributed by atoms with Gasteiger partial charge in [0.2, 0.25) is 0 Å². The molecule has 32 heavy (non-hydrogen) atoms. The summed E-state index contributed by atoms with van der Waals surface area (Å²) in [4.78, 5) is 2.60. The number of nitrogens with zero attached hydrogens (tertiary/aromatic N) is 1. The zero-order valence-electron chi connectivity index (χ0n) is 21.2. The van der Waals surface area contributed by atoms with Crippen molar-refractivity contribution in [3.8, 4) is 11.5 Å². The molecule has 1 aliphatic carbocycles. The molecular weight excluding hydrogens is 394 g/mol. The lowest BCUT2D eigenvalue weighted by molar-refractivity contribution is 0.00694. The average molecular weight is 440 g/mol. The predicted molar refractivity (Wildman–Crippen MR) is 134 cm³/mol. The Bertz CT molecular complexity index is 832. The number of ether oxygens (including phenoxy) is 1. The van der Waals surface area contributed by atoms with E-state index in [1.54, 1.807) is 5.57 Å². The summed E-state index contributed by atoms with van der Waals surface area (Å²) >= 11 is 0. The molecule has 2 heterocycles. The van der Waals surface area contributed by atoms with Gasteiger partial charge in [-0.3, -0.25) is 4.90 Å². The van der Waals surface area contributed by atoms with Crippen LogP contribution in [0.4, 0.5) is 0 Å². The molecule has 2 aliphatic heterocycles. The molecule has 1 saturated heterocycles. The molecule has 0 spiro atoms. The number of likely N-dealkylation sites (tertiary alicyclic amines) is 1. The Labute approximate surface area is 196 Å². The van der Waals surface area contributed by atoms with E-state index in [0.717, 1.165) is 37.1 Å². The summed E-state index contributed by atoms with van der Waals surface area (Å²) in [5.41, 5.74) is 3.65. The van der Waals surface area contributed by atoms with Crippen LogP contribution in [-0.4, -0.2) is 35.2 Å². The topological polar surface area (TPSA) is 32.7 Å². The number of phenols is 1. The van der Waals surface area contributed by atoms with Crippen molar-refractivity contribution >= 4 is 0 Å². The van der Waals surface area contributed by atoms with E-state index >= 15 is 0 Å². The first-order chi connectivity index (χ1) is 15.2. The Morgan fingerprint density at radius 1 is 1.12 bits per heavy atom. The van der Waals surface area contributed by atoms with Crippen LogP contribution in [0.3, 0.4) is 0 Å². The first-order valence-corrected chi connectivity index (χ1v) is 13.2. The molecule has 178 valence electrons. The molecule has 0 radical (unpaired) electrons. The Hall–Kier alpha value is -1.48. The molecule has 3 nitrogen and oxygen atoms in total. The van der Waals surface area contributed by atoms with Crippen molar-refractivity contribution in [2.24, 2.45) is 5.92 Å². The largest absolute Gasteiger partial charge is 0.508 e. The average Bonchev–Trinajstić information content (AvgIpc) is 3.23. The number of unbranched alkanes of at least 4 members (excludes halogenated alkanes) is 3. The van der Waals surface area contributed by atoms with Crippen LogP contribution in [0.1, 0.15) is 109 Å². The molecule has 0 bridgehead atoms. The minimum absolute atomic E-state index is 0.0397. The van der Waals surface area contributed by atoms with Gasteiger partial charge in [0.25, 0.3) is 0 Å². The lowest BCUT2D eigenvalue weighted by Gasteiger charge is -2.47. The van der Waals surface area contributed by atoms with Gasteiger partial charge in [-0.1, -0.05) is 58.1 Å². The highest BCUT2D eigenvalue weighted by Gasteiger charge is 2.46. The SMILES string of the molecule is CCCCCCC(C)(C)c1cc(O)c2c(c1)OC(C)(C)[C@H]1CC=C(CN3CCCC3)CC21. The molecule has 1 unspecified atom stereocenters. The van der Waals surface area contributed by atoms with Crippen molar-refractivity contribution in [2.75, 3.05) is 19.6 Å². The Morgan fingerprint density at radius 2 is 1.88 bits per heavy atom. The van der Waals surface area contributed by atoms with Gasteiger partial charge >= 0.3 is 0 Å². The first-order valence-electron chi connectivity index (χ1n) is 13.2. The molecule has 1 fully saturated rings. The third-order valence-corrected chi connectivity index (χ3v) is 8.45. The van der Waals surface area contributed by atoms with Crippen molar-refractivity contribution in [3.63, 3.8) is 0 Å². The highest BCUT2D eigenvalue weighted by atomic mass is 16.5. The molecule has 1 N–H and O–H groups in total. The maximum Gasteiger partial charge on any atom is 0.127 e. The van der Waals surface area contributed by atoms with Crippen molar-refractivity contribution < 1.29 is 9.84 Å². The van der Waals surface area contributed by atoms with Crippen molar-refractivity contribution in [1.82, 2.24) is 4.90 Å². The number of rotatable bonds is 8. The molecule has 2 atom stereocenters. The quantitative estimate of drug-likeness (QED) is 0.340. The van der Waals surface area contributed by atoms with Gasteiger partial charge in [-0.05, 0) is 82.2 Å². The monoisotopic (exact) mass is 439 g/mol. The van der Waals surface area contributed by atoms with Gasteiger partial charge < -0.3 is 9.84 Å². The lowest BCUT2D eigenvalue weighted by Crippen LogP contribution is -2.46. The van der Waals surface area contributed by atoms with E-state index in [2.05, 4.69) is 57.7 Å². The molecule has 3 aliphatic rings. The van der Waals surface area contributed by atoms with Gasteiger partial charge in [0.05, 0.1) is 0 Å². The number of allylic oxidation sites excluding steroid dienone is 1. The second-order valence-electron chi connectivity index (χ2n) is 11.8. The van der Waals surface area contributed by atoms with Crippen LogP contribution < -0.4 is 4.74 Å². The number of hydrogen-bond acceptors (Lipinski definition) is 3. The summed E-state index contributed by atoms with van der Waals surface area (Å²) in [6.45, 7) is 14.9. The van der Waals surface area contributed by atoms with Crippen LogP contribution in [0.25, 0.3) is 0 Å². The Kier molecular flexibility index (Phi) is 6.96. The smallest absolute Gasteiger partial charge is 0.127 e. The fourth-order valence-electron chi connectivity index (χ4n) is 6.35. The van der Waals surface area contributed by atoms with Gasteiger partial charge in [-0.25, -0.2) is 0 Å². The Balaban J connectivity index is 1.59. The standard InChI is InChI=1S/C29H45NO2/c1-6-7-8-9-14-28(2,3)22-18-25(31)27-23-17-21(20-30-15-10-11-16-30)12-13-24(23)29(4,5)32-26(27)19-22/h12,18-19,23-24,31H,6-11,13-17,20H2,1-5H3/t23?,24-/m0/s1. The number of hydrogen-bond donors (Lipinski definition) is 1. The van der Waals surface area contributed by atoms with Crippen molar-refractivity contribution in [1.29, 1.82) is 0 Å². The zero-order valence-corrected chi connectivity index (χ0v) is 21.2. The third kappa shape index (κ3) is 4.88. The van der Waals surface area contributed by atoms with Crippen LogP contribution in [-0.2, 0) is 5.41 Å². The number of phenolic OH excluding ortho intramolecular Hbond substituents is 1. The first kappa shape index (κ1) is 23.7. The van der Waals surface area contributed by atoms with E-state index in [9.17, 15) is 5.11 Å². The molecule has 0 saturated carbocycles. The molecule has 0 aromatic heterocycles. The summed E-state index contributed by atoms with van der Waals surface area (Å²) in [6.07, 6.45) is 13.5. The summed E-state index contributed by atoms with van der Waals surface area (Å²) < 4.78 is 6.62. The van der Waals surface area contributed by atoms with Crippen LogP contribution >= 0.6 is 0 Å². The van der Waals surface area contributed by atoms with E-state index in [4.69, 9.17) is 4.74 Å². The summed E-state index contributed by atoms with van der Waals surface area (Å²) in [6, 6.07) is 4.31. The molecule has 0 amide bonds. The highest BCUT2D eigenvalue weighted by molar-refractivity contribution is 5.54. The van der Waals surface area contributed by atoms with E-state index in [-0.39, 0.29) is 11.0 Å². The zero-order chi connectivity index (χ0) is 22.9. The number of fused-ring (bicyclic) bond motifs is 3. The van der Waals surface area contributed by atoms with Crippen LogP contribution in [0.2, 0.25) is 0 Å². The lowest BCUT2D eigenvalue weighted by atomic mass is 9.66. The van der Waals surface area contributed by atoms with Gasteiger partial charge in [0.1, 0.15) is 17.1 Å². The minimum atomic E-state index is -0.219. The summed E-state index contributed by atoms with van der Waals surface area (Å²) in [5, 5.41) is 11.3. The normalized spacial score (nSPS) is 25.1. The van der Waals surface area contributed by atoms with Crippen LogP contribution in [0, 0.1) is 5.92 Å². The number of benzene rings is 1. The fourth-order valence-corrected chi connectivity index (χ4v) is 6.35. The molecule has 1 aromatic rings. The molecule has 1 aromatic carbocycles. The Morgan fingerprint density at radius 3 is 2.59 bits per heavy atom. The van der Waals surface area contributed by atoms with E-state index in [1.807, 2.05) is 0 Å². The minimum Gasteiger partial charge on any atom is -0.508 e. The second kappa shape index (κ2) is 9.41. The van der Waals surface area contributed by atoms with Crippen molar-refractivity contribution in [3.05, 3.63) is 34.9 Å². The molecule has 3 heteroatoms. The predicted octanol–water partition coefficient (Wildman–Crippen LogP) is 7.33. The molecule has 4 rings (SSSR count). The van der Waals surface area contributed by atoms with Gasteiger partial charge in [0.15, 0.2) is 0 Å². The fraction of sp³-hybridized carbons (Fsp3) is 0.724. The van der Waals surface area contributed by atoms with Gasteiger partial charge in [-0.15, -0.1) is 0 Å². The number of aromatic hydroxyl groups is 1. The maximum atomic E-state index is 11.3. The van der Waals surface area contributed by atoms with Gasteiger partial charge in [0, 0.05) is 23.9 Å². The van der Waals surface area contributed by atoms with Gasteiger partial charge in [-0.2, -0.15) is 0 Å². The van der Waals surface area contributed by atoms with E-state index < -0.39 is 0 Å². The van der Waals surface area contributed by atoms with E-state index in [0.29, 0.717) is 17.6 Å². The highest BCUT2D eigenvalue weighted by Crippen LogP contribution is 2.55. The van der Waals surface area contributed by atoms with Crippen LogP contribution in [0.15, 0.2) is 23.8 Å². The van der Waals surface area contributed by atoms with Crippen molar-refractivity contribution in [2.45, 2.75) is 109 Å². The maximum absolute atomic E-state index is 11.3. The van der Waals surface area contributed by atoms with Crippen LogP contribution in [0.5, 0.6) is 11.5 Å². The van der Waals surface area contributed by atoms with E-state index in [1.165, 1.54) is 57.2 Å².